The highest BCUT2D eigenvalue weighted by atomic mass is 32.2. The Morgan fingerprint density at radius 3 is 2.93 bits per heavy atom. The second kappa shape index (κ2) is 4.06. The van der Waals surface area contributed by atoms with Gasteiger partial charge in [-0.15, -0.1) is 11.8 Å². The molecule has 0 N–H and O–H groups in total. The van der Waals surface area contributed by atoms with Crippen molar-refractivity contribution in [1.82, 2.24) is 4.98 Å². The molecule has 2 rings (SSSR count). The summed E-state index contributed by atoms with van der Waals surface area (Å²) in [7, 11) is 0. The first kappa shape index (κ1) is 10.2. The third-order valence-corrected chi connectivity index (χ3v) is 2.54. The fraction of sp³-hybridized carbons (Fsp3) is 0.222. The molecule has 0 bridgehead atoms. The summed E-state index contributed by atoms with van der Waals surface area (Å²) in [5.41, 5.74) is 0.984. The predicted octanol–water partition coefficient (Wildman–Crippen LogP) is 3.15. The maximum atomic E-state index is 11.9. The zero-order valence-corrected chi connectivity index (χ0v) is 8.55. The number of rotatable bonds is 3. The molecular formula is C9H7F2NO2S. The third-order valence-electron chi connectivity index (χ3n) is 1.77. The van der Waals surface area contributed by atoms with E-state index in [2.05, 4.69) is 9.72 Å². The number of ether oxygens (including phenoxy) is 1. The van der Waals surface area contributed by atoms with Crippen LogP contribution in [-0.4, -0.2) is 17.9 Å². The number of hydrogen-bond donors (Lipinski definition) is 0. The summed E-state index contributed by atoms with van der Waals surface area (Å²) in [6.45, 7) is -2.92. The molecule has 1 aromatic carbocycles. The summed E-state index contributed by atoms with van der Waals surface area (Å²) in [6.07, 6.45) is 1.47. The van der Waals surface area contributed by atoms with Gasteiger partial charge in [0.15, 0.2) is 5.58 Å². The van der Waals surface area contributed by atoms with Crippen LogP contribution in [0.15, 0.2) is 27.5 Å². The molecule has 2 aromatic rings. The van der Waals surface area contributed by atoms with Crippen LogP contribution in [0.2, 0.25) is 0 Å². The van der Waals surface area contributed by atoms with Crippen molar-refractivity contribution in [3.05, 3.63) is 18.2 Å². The van der Waals surface area contributed by atoms with Crippen LogP contribution in [0.25, 0.3) is 11.1 Å². The van der Waals surface area contributed by atoms with E-state index < -0.39 is 12.7 Å². The molecule has 6 heteroatoms. The van der Waals surface area contributed by atoms with E-state index in [0.29, 0.717) is 11.1 Å². The standard InChI is InChI=1S/C9H7F2NO2S/c1-15-6-4-2-3-5-7(6)12-9(13-5)14-8(10)11/h2-4,8H,1H3. The number of nitrogens with zero attached hydrogens (tertiary/aromatic N) is 1. The summed E-state index contributed by atoms with van der Waals surface area (Å²) in [5, 5.41) is 0. The van der Waals surface area contributed by atoms with E-state index in [0.717, 1.165) is 4.90 Å². The van der Waals surface area contributed by atoms with Gasteiger partial charge in [-0.05, 0) is 18.4 Å². The molecule has 0 fully saturated rings. The van der Waals surface area contributed by atoms with Crippen LogP contribution in [0.5, 0.6) is 6.08 Å². The highest BCUT2D eigenvalue weighted by Gasteiger charge is 2.13. The molecular weight excluding hydrogens is 224 g/mol. The number of para-hydroxylation sites is 1. The zero-order valence-electron chi connectivity index (χ0n) is 7.74. The molecule has 1 heterocycles. The molecule has 80 valence electrons. The summed E-state index contributed by atoms with van der Waals surface area (Å²) in [6, 6.07) is 5.26. The van der Waals surface area contributed by atoms with Gasteiger partial charge in [0.2, 0.25) is 0 Å². The highest BCUT2D eigenvalue weighted by molar-refractivity contribution is 7.98. The van der Waals surface area contributed by atoms with Crippen molar-refractivity contribution in [1.29, 1.82) is 0 Å². The number of fused-ring (bicyclic) bond motifs is 1. The van der Waals surface area contributed by atoms with Gasteiger partial charge in [-0.3, -0.25) is 0 Å². The summed E-state index contributed by atoms with van der Waals surface area (Å²) >= 11 is 1.46. The van der Waals surface area contributed by atoms with E-state index in [9.17, 15) is 8.78 Å². The van der Waals surface area contributed by atoms with Crippen LogP contribution >= 0.6 is 11.8 Å². The van der Waals surface area contributed by atoms with Crippen molar-refractivity contribution < 1.29 is 17.9 Å². The number of aromatic nitrogens is 1. The lowest BCUT2D eigenvalue weighted by atomic mass is 10.3. The van der Waals surface area contributed by atoms with Gasteiger partial charge in [0.25, 0.3) is 0 Å². The minimum Gasteiger partial charge on any atom is -0.409 e. The summed E-state index contributed by atoms with van der Waals surface area (Å²) in [4.78, 5) is 4.70. The average molecular weight is 231 g/mol. The molecule has 0 radical (unpaired) electrons. The van der Waals surface area contributed by atoms with Crippen LogP contribution in [0.4, 0.5) is 8.78 Å². The summed E-state index contributed by atoms with van der Waals surface area (Å²) < 4.78 is 32.9. The molecule has 0 aliphatic rings. The van der Waals surface area contributed by atoms with Crippen molar-refractivity contribution in [2.24, 2.45) is 0 Å². The predicted molar refractivity (Wildman–Crippen MR) is 52.4 cm³/mol. The maximum Gasteiger partial charge on any atom is 0.399 e. The lowest BCUT2D eigenvalue weighted by molar-refractivity contribution is -0.0664. The van der Waals surface area contributed by atoms with Gasteiger partial charge in [-0.25, -0.2) is 0 Å². The smallest absolute Gasteiger partial charge is 0.399 e. The average Bonchev–Trinajstić information content (AvgIpc) is 2.58. The Bertz CT molecular complexity index is 472. The van der Waals surface area contributed by atoms with Crippen molar-refractivity contribution in [2.75, 3.05) is 6.26 Å². The van der Waals surface area contributed by atoms with Gasteiger partial charge in [0, 0.05) is 4.90 Å². The molecule has 0 amide bonds. The van der Waals surface area contributed by atoms with E-state index in [1.807, 2.05) is 12.3 Å². The second-order valence-electron chi connectivity index (χ2n) is 2.67. The lowest BCUT2D eigenvalue weighted by Crippen LogP contribution is -2.01. The van der Waals surface area contributed by atoms with Crippen LogP contribution in [0.3, 0.4) is 0 Å². The Kier molecular flexibility index (Phi) is 2.77. The van der Waals surface area contributed by atoms with Gasteiger partial charge < -0.3 is 9.15 Å². The van der Waals surface area contributed by atoms with Crippen LogP contribution in [0, 0.1) is 0 Å². The van der Waals surface area contributed by atoms with E-state index >= 15 is 0 Å². The van der Waals surface area contributed by atoms with Crippen LogP contribution in [0.1, 0.15) is 0 Å². The third kappa shape index (κ3) is 2.04. The number of thioether (sulfide) groups is 1. The molecule has 0 saturated heterocycles. The minimum absolute atomic E-state index is 0.401. The number of oxazole rings is 1. The topological polar surface area (TPSA) is 35.3 Å². The Morgan fingerprint density at radius 2 is 2.27 bits per heavy atom. The zero-order chi connectivity index (χ0) is 10.8. The molecule has 1 aromatic heterocycles. The fourth-order valence-electron chi connectivity index (χ4n) is 1.19. The first-order valence-electron chi connectivity index (χ1n) is 4.09. The molecule has 0 unspecified atom stereocenters. The summed E-state index contributed by atoms with van der Waals surface area (Å²) in [5.74, 6) is 0. The van der Waals surface area contributed by atoms with Gasteiger partial charge >= 0.3 is 12.7 Å². The van der Waals surface area contributed by atoms with E-state index in [1.54, 1.807) is 12.1 Å². The fourth-order valence-corrected chi connectivity index (χ4v) is 1.75. The lowest BCUT2D eigenvalue weighted by Gasteiger charge is -1.94. The maximum absolute atomic E-state index is 11.9. The van der Waals surface area contributed by atoms with Crippen molar-refractivity contribution >= 4 is 22.9 Å². The van der Waals surface area contributed by atoms with Crippen LogP contribution in [-0.2, 0) is 0 Å². The SMILES string of the molecule is CSc1cccc2oc(OC(F)F)nc12. The molecule has 3 nitrogen and oxygen atoms in total. The second-order valence-corrected chi connectivity index (χ2v) is 3.51. The van der Waals surface area contributed by atoms with E-state index in [1.165, 1.54) is 11.8 Å². The number of halogens is 2. The monoisotopic (exact) mass is 231 g/mol. The van der Waals surface area contributed by atoms with E-state index in [-0.39, 0.29) is 0 Å². The molecule has 0 saturated carbocycles. The largest absolute Gasteiger partial charge is 0.409 e. The van der Waals surface area contributed by atoms with Gasteiger partial charge in [0.1, 0.15) is 5.52 Å². The van der Waals surface area contributed by atoms with E-state index in [4.69, 9.17) is 4.42 Å². The number of hydrogen-bond acceptors (Lipinski definition) is 4. The molecule has 0 spiro atoms. The minimum atomic E-state index is -2.92. The first-order valence-corrected chi connectivity index (χ1v) is 5.31. The van der Waals surface area contributed by atoms with Crippen LogP contribution < -0.4 is 4.74 Å². The van der Waals surface area contributed by atoms with Crippen molar-refractivity contribution in [2.45, 2.75) is 11.5 Å². The quantitative estimate of drug-likeness (QED) is 0.760. The number of alkyl halides is 2. The van der Waals surface area contributed by atoms with Gasteiger partial charge in [-0.2, -0.15) is 13.8 Å². The van der Waals surface area contributed by atoms with Gasteiger partial charge in [-0.1, -0.05) is 6.07 Å². The molecule has 15 heavy (non-hydrogen) atoms. The molecule has 0 aliphatic heterocycles. The van der Waals surface area contributed by atoms with Crippen molar-refractivity contribution in [3.8, 4) is 6.08 Å². The number of benzene rings is 1. The molecule has 0 aliphatic carbocycles. The Morgan fingerprint density at radius 1 is 1.47 bits per heavy atom. The molecule has 0 atom stereocenters. The van der Waals surface area contributed by atoms with Gasteiger partial charge in [0.05, 0.1) is 0 Å². The Balaban J connectivity index is 2.45. The Hall–Kier alpha value is -1.30. The van der Waals surface area contributed by atoms with Crippen molar-refractivity contribution in [3.63, 3.8) is 0 Å². The first-order chi connectivity index (χ1) is 7.20. The Labute approximate surface area is 88.4 Å². The normalized spacial score (nSPS) is 11.2. The highest BCUT2D eigenvalue weighted by Crippen LogP contribution is 2.29.